The Morgan fingerprint density at radius 2 is 2.14 bits per heavy atom. The van der Waals surface area contributed by atoms with Crippen molar-refractivity contribution in [3.05, 3.63) is 47.4 Å². The Hall–Kier alpha value is -1.06. The summed E-state index contributed by atoms with van der Waals surface area (Å²) in [5.74, 6) is 0. The van der Waals surface area contributed by atoms with Gasteiger partial charge in [0.25, 0.3) is 0 Å². The number of aldehydes is 1. The third-order valence-corrected chi connectivity index (χ3v) is 3.05. The second-order valence-corrected chi connectivity index (χ2v) is 4.07. The topological polar surface area (TPSA) is 20.3 Å². The highest BCUT2D eigenvalue weighted by atomic mass is 32.2. The van der Waals surface area contributed by atoms with E-state index in [2.05, 4.69) is 16.4 Å². The van der Waals surface area contributed by atoms with Crippen LogP contribution in [0.25, 0.3) is 0 Å². The molecule has 1 aromatic rings. The van der Waals surface area contributed by atoms with Gasteiger partial charge in [0.1, 0.15) is 6.29 Å². The summed E-state index contributed by atoms with van der Waals surface area (Å²) in [5, 5.41) is 1.96. The van der Waals surface area contributed by atoms with Gasteiger partial charge in [0.05, 0.1) is 6.04 Å². The second-order valence-electron chi connectivity index (χ2n) is 3.12. The smallest absolute Gasteiger partial charge is 0.141 e. The maximum atomic E-state index is 10.7. The van der Waals surface area contributed by atoms with Gasteiger partial charge < -0.3 is 4.79 Å². The van der Waals surface area contributed by atoms with Crippen LogP contribution in [0.1, 0.15) is 5.56 Å². The van der Waals surface area contributed by atoms with Gasteiger partial charge in [-0.25, -0.2) is 4.31 Å². The summed E-state index contributed by atoms with van der Waals surface area (Å²) in [6, 6.07) is 10.1. The number of benzene rings is 1. The maximum absolute atomic E-state index is 10.7. The van der Waals surface area contributed by atoms with Crippen LogP contribution < -0.4 is 0 Å². The lowest BCUT2D eigenvalue weighted by Gasteiger charge is -2.17. The molecule has 14 heavy (non-hydrogen) atoms. The summed E-state index contributed by atoms with van der Waals surface area (Å²) >= 11 is 1.59. The maximum Gasteiger partial charge on any atom is 0.141 e. The average Bonchev–Trinajstić information content (AvgIpc) is 2.67. The van der Waals surface area contributed by atoms with E-state index in [0.717, 1.165) is 12.8 Å². The van der Waals surface area contributed by atoms with Crippen molar-refractivity contribution in [1.29, 1.82) is 0 Å². The van der Waals surface area contributed by atoms with E-state index in [1.807, 2.05) is 29.7 Å². The molecule has 0 fully saturated rings. The van der Waals surface area contributed by atoms with E-state index in [9.17, 15) is 4.79 Å². The lowest BCUT2D eigenvalue weighted by Crippen LogP contribution is -2.24. The summed E-state index contributed by atoms with van der Waals surface area (Å²) in [4.78, 5) is 10.7. The Labute approximate surface area is 87.7 Å². The molecule has 72 valence electrons. The van der Waals surface area contributed by atoms with Crippen LogP contribution in [0, 0.1) is 0 Å². The molecule has 0 aliphatic carbocycles. The van der Waals surface area contributed by atoms with Crippen LogP contribution in [0.2, 0.25) is 0 Å². The Bertz CT molecular complexity index is 336. The molecule has 0 saturated carbocycles. The van der Waals surface area contributed by atoms with Crippen LogP contribution in [-0.4, -0.2) is 16.6 Å². The SMILES string of the molecule is O=CC1C=CSN1Cc1ccccc1. The first-order valence-electron chi connectivity index (χ1n) is 4.49. The molecule has 3 heteroatoms. The van der Waals surface area contributed by atoms with Gasteiger partial charge in [0, 0.05) is 6.54 Å². The molecule has 1 atom stereocenters. The van der Waals surface area contributed by atoms with Crippen LogP contribution in [0.15, 0.2) is 41.8 Å². The predicted octanol–water partition coefficient (Wildman–Crippen LogP) is 2.23. The van der Waals surface area contributed by atoms with Crippen molar-refractivity contribution in [2.75, 3.05) is 0 Å². The minimum absolute atomic E-state index is 0.0693. The standard InChI is InChI=1S/C11H11NOS/c13-9-11-6-7-14-12(11)8-10-4-2-1-3-5-10/h1-7,9,11H,8H2. The van der Waals surface area contributed by atoms with Crippen LogP contribution in [0.3, 0.4) is 0 Å². The van der Waals surface area contributed by atoms with Crippen molar-refractivity contribution in [1.82, 2.24) is 4.31 Å². The van der Waals surface area contributed by atoms with Gasteiger partial charge in [-0.3, -0.25) is 0 Å². The number of nitrogens with zero attached hydrogens (tertiary/aromatic N) is 1. The van der Waals surface area contributed by atoms with E-state index in [1.165, 1.54) is 5.56 Å². The minimum Gasteiger partial charge on any atom is -0.301 e. The fourth-order valence-electron chi connectivity index (χ4n) is 1.38. The first kappa shape index (κ1) is 9.49. The summed E-state index contributed by atoms with van der Waals surface area (Å²) in [7, 11) is 0. The zero-order chi connectivity index (χ0) is 9.80. The molecule has 0 bridgehead atoms. The molecule has 1 unspecified atom stereocenters. The third-order valence-electron chi connectivity index (χ3n) is 2.13. The average molecular weight is 205 g/mol. The Morgan fingerprint density at radius 3 is 2.86 bits per heavy atom. The summed E-state index contributed by atoms with van der Waals surface area (Å²) < 4.78 is 2.06. The van der Waals surface area contributed by atoms with Crippen LogP contribution in [0.5, 0.6) is 0 Å². The number of rotatable bonds is 3. The van der Waals surface area contributed by atoms with Gasteiger partial charge in [-0.05, 0) is 22.9 Å². The molecule has 1 aromatic carbocycles. The molecule has 2 nitrogen and oxygen atoms in total. The molecular weight excluding hydrogens is 194 g/mol. The molecule has 0 radical (unpaired) electrons. The first-order chi connectivity index (χ1) is 6.90. The molecule has 1 heterocycles. The molecule has 0 saturated heterocycles. The highest BCUT2D eigenvalue weighted by Crippen LogP contribution is 2.25. The second kappa shape index (κ2) is 4.44. The number of carbonyl (C=O) groups is 1. The number of hydrogen-bond donors (Lipinski definition) is 0. The van der Waals surface area contributed by atoms with E-state index in [1.54, 1.807) is 11.9 Å². The zero-order valence-electron chi connectivity index (χ0n) is 7.67. The molecular formula is C11H11NOS. The van der Waals surface area contributed by atoms with Gasteiger partial charge >= 0.3 is 0 Å². The van der Waals surface area contributed by atoms with Crippen molar-refractivity contribution < 1.29 is 4.79 Å². The molecule has 0 aromatic heterocycles. The lowest BCUT2D eigenvalue weighted by molar-refractivity contribution is -0.109. The normalized spacial score (nSPS) is 21.3. The first-order valence-corrected chi connectivity index (χ1v) is 5.33. The molecule has 1 aliphatic rings. The number of hydrogen-bond acceptors (Lipinski definition) is 3. The van der Waals surface area contributed by atoms with E-state index < -0.39 is 0 Å². The van der Waals surface area contributed by atoms with Crippen molar-refractivity contribution in [2.45, 2.75) is 12.6 Å². The zero-order valence-corrected chi connectivity index (χ0v) is 8.48. The predicted molar refractivity (Wildman–Crippen MR) is 58.6 cm³/mol. The van der Waals surface area contributed by atoms with Crippen LogP contribution in [-0.2, 0) is 11.3 Å². The van der Waals surface area contributed by atoms with Crippen molar-refractivity contribution in [2.24, 2.45) is 0 Å². The highest BCUT2D eigenvalue weighted by Gasteiger charge is 2.19. The largest absolute Gasteiger partial charge is 0.301 e. The molecule has 0 amide bonds. The fourth-order valence-corrected chi connectivity index (χ4v) is 2.25. The van der Waals surface area contributed by atoms with E-state index in [0.29, 0.717) is 0 Å². The molecule has 0 N–H and O–H groups in total. The number of carbonyl (C=O) groups excluding carboxylic acids is 1. The minimum atomic E-state index is -0.0693. The van der Waals surface area contributed by atoms with E-state index in [4.69, 9.17) is 0 Å². The van der Waals surface area contributed by atoms with Crippen LogP contribution in [0.4, 0.5) is 0 Å². The molecule has 2 rings (SSSR count). The van der Waals surface area contributed by atoms with Crippen LogP contribution >= 0.6 is 11.9 Å². The van der Waals surface area contributed by atoms with Gasteiger partial charge in [-0.1, -0.05) is 36.4 Å². The fraction of sp³-hybridized carbons (Fsp3) is 0.182. The van der Waals surface area contributed by atoms with Crippen molar-refractivity contribution in [3.8, 4) is 0 Å². The highest BCUT2D eigenvalue weighted by molar-refractivity contribution is 8.00. The van der Waals surface area contributed by atoms with Crippen molar-refractivity contribution >= 4 is 18.2 Å². The quantitative estimate of drug-likeness (QED) is 0.557. The Balaban J connectivity index is 2.02. The van der Waals surface area contributed by atoms with Gasteiger partial charge in [-0.15, -0.1) is 0 Å². The molecule has 1 aliphatic heterocycles. The van der Waals surface area contributed by atoms with Gasteiger partial charge in [0.15, 0.2) is 0 Å². The van der Waals surface area contributed by atoms with Gasteiger partial charge in [0.2, 0.25) is 0 Å². The summed E-state index contributed by atoms with van der Waals surface area (Å²) in [5.41, 5.74) is 1.23. The third kappa shape index (κ3) is 2.05. The summed E-state index contributed by atoms with van der Waals surface area (Å²) in [6.07, 6.45) is 2.89. The monoisotopic (exact) mass is 205 g/mol. The lowest BCUT2D eigenvalue weighted by atomic mass is 10.2. The van der Waals surface area contributed by atoms with E-state index >= 15 is 0 Å². The van der Waals surface area contributed by atoms with Gasteiger partial charge in [-0.2, -0.15) is 0 Å². The summed E-state index contributed by atoms with van der Waals surface area (Å²) in [6.45, 7) is 0.807. The Morgan fingerprint density at radius 1 is 1.36 bits per heavy atom. The van der Waals surface area contributed by atoms with Crippen molar-refractivity contribution in [3.63, 3.8) is 0 Å². The van der Waals surface area contributed by atoms with E-state index in [-0.39, 0.29) is 6.04 Å². The molecule has 0 spiro atoms. The Kier molecular flexibility index (Phi) is 3.01.